The largest absolute Gasteiger partial charge is 0.389 e. The molecule has 0 heterocycles. The highest BCUT2D eigenvalue weighted by Crippen LogP contribution is 2.49. The lowest BCUT2D eigenvalue weighted by Crippen LogP contribution is -2.18. The fourth-order valence-electron chi connectivity index (χ4n) is 2.38. The number of benzene rings is 1. The normalized spacial score (nSPS) is 16.3. The van der Waals surface area contributed by atoms with Gasteiger partial charge in [0.2, 0.25) is 0 Å². The fourth-order valence-corrected chi connectivity index (χ4v) is 2.73. The first-order valence-corrected chi connectivity index (χ1v) is 7.18. The molecule has 1 saturated carbocycles. The highest BCUT2D eigenvalue weighted by molar-refractivity contribution is 7.80. The van der Waals surface area contributed by atoms with Crippen LogP contribution in [0.4, 0.5) is 5.69 Å². The average molecular weight is 283 g/mol. The first-order chi connectivity index (χ1) is 8.56. The number of nitrogens with one attached hydrogen (secondary N) is 1. The molecule has 0 atom stereocenters. The van der Waals surface area contributed by atoms with Crippen LogP contribution in [-0.2, 0) is 0 Å². The van der Waals surface area contributed by atoms with Gasteiger partial charge in [-0.3, -0.25) is 0 Å². The van der Waals surface area contributed by atoms with Gasteiger partial charge < -0.3 is 11.1 Å². The molecule has 0 radical (unpaired) electrons. The molecule has 1 aromatic carbocycles. The van der Waals surface area contributed by atoms with E-state index in [1.54, 1.807) is 0 Å². The van der Waals surface area contributed by atoms with E-state index in [4.69, 9.17) is 29.6 Å². The zero-order chi connectivity index (χ0) is 13.2. The maximum absolute atomic E-state index is 6.02. The number of hydrogen-bond donors (Lipinski definition) is 2. The summed E-state index contributed by atoms with van der Waals surface area (Å²) in [5.74, 6) is 0. The second kappa shape index (κ2) is 5.45. The van der Waals surface area contributed by atoms with Crippen LogP contribution < -0.4 is 11.1 Å². The van der Waals surface area contributed by atoms with Crippen molar-refractivity contribution < 1.29 is 0 Å². The van der Waals surface area contributed by atoms with Gasteiger partial charge in [0.05, 0.1) is 0 Å². The Morgan fingerprint density at radius 1 is 1.50 bits per heavy atom. The average Bonchev–Trinajstić information content (AvgIpc) is 3.07. The summed E-state index contributed by atoms with van der Waals surface area (Å²) in [7, 11) is 0. The zero-order valence-corrected chi connectivity index (χ0v) is 12.2. The van der Waals surface area contributed by atoms with Crippen molar-refractivity contribution in [2.45, 2.75) is 32.6 Å². The third kappa shape index (κ3) is 3.15. The van der Waals surface area contributed by atoms with E-state index in [1.807, 2.05) is 18.2 Å². The first-order valence-electron chi connectivity index (χ1n) is 6.39. The van der Waals surface area contributed by atoms with Gasteiger partial charge in [-0.15, -0.1) is 0 Å². The van der Waals surface area contributed by atoms with Crippen molar-refractivity contribution >= 4 is 34.5 Å². The number of thiocarbonyl (C=S) groups is 1. The van der Waals surface area contributed by atoms with Gasteiger partial charge in [0.1, 0.15) is 4.99 Å². The lowest BCUT2D eigenvalue weighted by Gasteiger charge is -2.18. The molecule has 4 heteroatoms. The third-order valence-electron chi connectivity index (χ3n) is 3.64. The van der Waals surface area contributed by atoms with Crippen molar-refractivity contribution in [2.75, 3.05) is 11.9 Å². The summed E-state index contributed by atoms with van der Waals surface area (Å²) in [6.45, 7) is 3.22. The number of nitrogens with two attached hydrogens (primary N) is 1. The molecule has 0 saturated heterocycles. The number of halogens is 1. The molecule has 2 nitrogen and oxygen atoms in total. The van der Waals surface area contributed by atoms with Crippen molar-refractivity contribution in [3.8, 4) is 0 Å². The van der Waals surface area contributed by atoms with Crippen LogP contribution in [0.2, 0.25) is 5.02 Å². The summed E-state index contributed by atoms with van der Waals surface area (Å²) in [6.07, 6.45) is 5.15. The number of anilines is 1. The van der Waals surface area contributed by atoms with Crippen molar-refractivity contribution in [3.05, 3.63) is 28.8 Å². The van der Waals surface area contributed by atoms with E-state index in [-0.39, 0.29) is 0 Å². The third-order valence-corrected chi connectivity index (χ3v) is 4.09. The summed E-state index contributed by atoms with van der Waals surface area (Å²) in [5, 5.41) is 4.18. The molecular weight excluding hydrogens is 264 g/mol. The van der Waals surface area contributed by atoms with Gasteiger partial charge in [-0.25, -0.2) is 0 Å². The monoisotopic (exact) mass is 282 g/mol. The lowest BCUT2D eigenvalue weighted by atomic mass is 10.0. The van der Waals surface area contributed by atoms with Crippen molar-refractivity contribution in [3.63, 3.8) is 0 Å². The van der Waals surface area contributed by atoms with E-state index in [1.165, 1.54) is 25.7 Å². The molecule has 0 bridgehead atoms. The Hall–Kier alpha value is -0.800. The van der Waals surface area contributed by atoms with E-state index in [2.05, 4.69) is 12.2 Å². The van der Waals surface area contributed by atoms with Gasteiger partial charge >= 0.3 is 0 Å². The molecule has 2 rings (SSSR count). The Bertz CT molecular complexity index is 455. The van der Waals surface area contributed by atoms with Crippen LogP contribution in [0.15, 0.2) is 18.2 Å². The highest BCUT2D eigenvalue weighted by Gasteiger charge is 2.41. The SMILES string of the molecule is CCCC1(CNc2cc(Cl)ccc2C(N)=S)CC1. The maximum Gasteiger partial charge on any atom is 0.106 e. The standard InChI is InChI=1S/C14H19ClN2S/c1-2-5-14(6-7-14)9-17-12-8-10(15)3-4-11(12)13(16)18/h3-4,8,17H,2,5-7,9H2,1H3,(H2,16,18). The molecule has 18 heavy (non-hydrogen) atoms. The molecule has 1 aliphatic carbocycles. The Morgan fingerprint density at radius 3 is 2.78 bits per heavy atom. The van der Waals surface area contributed by atoms with Gasteiger partial charge in [0.15, 0.2) is 0 Å². The smallest absolute Gasteiger partial charge is 0.106 e. The Kier molecular flexibility index (Phi) is 4.13. The summed E-state index contributed by atoms with van der Waals surface area (Å²) in [5.41, 5.74) is 8.05. The predicted molar refractivity (Wildman–Crippen MR) is 82.4 cm³/mol. The molecule has 0 aromatic heterocycles. The lowest BCUT2D eigenvalue weighted by molar-refractivity contribution is 0.485. The fraction of sp³-hybridized carbons (Fsp3) is 0.500. The van der Waals surface area contributed by atoms with Crippen LogP contribution in [0, 0.1) is 5.41 Å². The minimum absolute atomic E-state index is 0.412. The van der Waals surface area contributed by atoms with Crippen LogP contribution in [0.25, 0.3) is 0 Å². The number of hydrogen-bond acceptors (Lipinski definition) is 2. The van der Waals surface area contributed by atoms with Crippen LogP contribution in [0.5, 0.6) is 0 Å². The summed E-state index contributed by atoms with van der Waals surface area (Å²) in [4.78, 5) is 0.412. The van der Waals surface area contributed by atoms with E-state index >= 15 is 0 Å². The second-order valence-electron chi connectivity index (χ2n) is 5.16. The Balaban J connectivity index is 2.08. The van der Waals surface area contributed by atoms with Gasteiger partial charge in [0, 0.05) is 22.8 Å². The van der Waals surface area contributed by atoms with Gasteiger partial charge in [0.25, 0.3) is 0 Å². The van der Waals surface area contributed by atoms with E-state index in [0.29, 0.717) is 15.4 Å². The summed E-state index contributed by atoms with van der Waals surface area (Å²) < 4.78 is 0. The first kappa shape index (κ1) is 13.6. The van der Waals surface area contributed by atoms with E-state index in [0.717, 1.165) is 17.8 Å². The molecular formula is C14H19ClN2S. The minimum atomic E-state index is 0.412. The van der Waals surface area contributed by atoms with Crippen LogP contribution in [0.1, 0.15) is 38.2 Å². The van der Waals surface area contributed by atoms with Gasteiger partial charge in [-0.2, -0.15) is 0 Å². The second-order valence-corrected chi connectivity index (χ2v) is 6.03. The Labute approximate surface area is 119 Å². The molecule has 0 amide bonds. The molecule has 1 fully saturated rings. The number of rotatable bonds is 6. The van der Waals surface area contributed by atoms with Crippen molar-refractivity contribution in [1.29, 1.82) is 0 Å². The van der Waals surface area contributed by atoms with Crippen LogP contribution in [-0.4, -0.2) is 11.5 Å². The van der Waals surface area contributed by atoms with Gasteiger partial charge in [-0.1, -0.05) is 37.2 Å². The quantitative estimate of drug-likeness (QED) is 0.776. The topological polar surface area (TPSA) is 38.0 Å². The molecule has 98 valence electrons. The minimum Gasteiger partial charge on any atom is -0.389 e. The predicted octanol–water partition coefficient (Wildman–Crippen LogP) is 3.97. The van der Waals surface area contributed by atoms with Gasteiger partial charge in [-0.05, 0) is 42.9 Å². The molecule has 1 aromatic rings. The van der Waals surface area contributed by atoms with Crippen LogP contribution in [0.3, 0.4) is 0 Å². The molecule has 0 aliphatic heterocycles. The van der Waals surface area contributed by atoms with Crippen molar-refractivity contribution in [1.82, 2.24) is 0 Å². The van der Waals surface area contributed by atoms with E-state index in [9.17, 15) is 0 Å². The Morgan fingerprint density at radius 2 is 2.22 bits per heavy atom. The van der Waals surface area contributed by atoms with Crippen LogP contribution >= 0.6 is 23.8 Å². The molecule has 0 unspecified atom stereocenters. The van der Waals surface area contributed by atoms with Crippen molar-refractivity contribution in [2.24, 2.45) is 11.1 Å². The summed E-state index contributed by atoms with van der Waals surface area (Å²) in [6, 6.07) is 5.60. The van der Waals surface area contributed by atoms with E-state index < -0.39 is 0 Å². The molecule has 0 spiro atoms. The highest BCUT2D eigenvalue weighted by atomic mass is 35.5. The molecule has 1 aliphatic rings. The zero-order valence-electron chi connectivity index (χ0n) is 10.6. The summed E-state index contributed by atoms with van der Waals surface area (Å²) >= 11 is 11.1. The maximum atomic E-state index is 6.02. The molecule has 3 N–H and O–H groups in total.